The first-order valence-electron chi connectivity index (χ1n) is 10.6. The largest absolute Gasteiger partial charge is 0.497 e. The Morgan fingerprint density at radius 2 is 1.76 bits per heavy atom. The average molecular weight is 445 g/mol. The van der Waals surface area contributed by atoms with Crippen molar-refractivity contribution < 1.29 is 4.74 Å². The van der Waals surface area contributed by atoms with Gasteiger partial charge in [-0.1, -0.05) is 30.3 Å². The molecule has 0 fully saturated rings. The van der Waals surface area contributed by atoms with Gasteiger partial charge in [-0.2, -0.15) is 10.4 Å². The third kappa shape index (κ3) is 3.96. The van der Waals surface area contributed by atoms with Crippen LogP contribution in [0.1, 0.15) is 11.4 Å². The lowest BCUT2D eigenvalue weighted by Gasteiger charge is -2.04. The Kier molecular flexibility index (Phi) is 5.46. The quantitative estimate of drug-likeness (QED) is 0.390. The molecular weight excluding hydrogens is 426 g/mol. The lowest BCUT2D eigenvalue weighted by Crippen LogP contribution is -2.11. The minimum absolute atomic E-state index is 0.208. The second-order valence-electron chi connectivity index (χ2n) is 7.54. The van der Waals surface area contributed by atoms with E-state index in [4.69, 9.17) is 9.84 Å². The molecule has 7 heteroatoms. The molecule has 7 nitrogen and oxygen atoms in total. The molecule has 0 aliphatic heterocycles. The summed E-state index contributed by atoms with van der Waals surface area (Å²) in [4.78, 5) is 19.8. The van der Waals surface area contributed by atoms with Gasteiger partial charge < -0.3 is 9.72 Å². The molecule has 0 amide bonds. The van der Waals surface area contributed by atoms with E-state index < -0.39 is 0 Å². The molecule has 0 saturated heterocycles. The number of allylic oxidation sites excluding steroid dienone is 1. The summed E-state index contributed by atoms with van der Waals surface area (Å²) in [5.41, 5.74) is 3.59. The van der Waals surface area contributed by atoms with Crippen LogP contribution < -0.4 is 10.3 Å². The molecule has 0 aliphatic carbocycles. The predicted octanol–water partition coefficient (Wildman–Crippen LogP) is 4.85. The number of aromatic amines is 1. The van der Waals surface area contributed by atoms with Crippen molar-refractivity contribution in [1.29, 1.82) is 5.26 Å². The van der Waals surface area contributed by atoms with Crippen molar-refractivity contribution in [3.05, 3.63) is 107 Å². The van der Waals surface area contributed by atoms with Gasteiger partial charge in [0.25, 0.3) is 5.56 Å². The number of methoxy groups -OCH3 is 1. The number of aromatic nitrogens is 4. The molecule has 2 aromatic heterocycles. The average Bonchev–Trinajstić information content (AvgIpc) is 3.31. The predicted molar refractivity (Wildman–Crippen MR) is 131 cm³/mol. The fourth-order valence-electron chi connectivity index (χ4n) is 3.70. The van der Waals surface area contributed by atoms with Gasteiger partial charge >= 0.3 is 0 Å². The standard InChI is InChI=1S/C27H19N5O2/c1-34-22-13-11-18(12-14-22)25-20(17-32(31-25)21-7-3-2-4-8-21)15-19(16-28)26-29-24-10-6-5-9-23(24)27(33)30-26/h2-15,17H,1H3,(H,29,30,33). The highest BCUT2D eigenvalue weighted by atomic mass is 16.5. The lowest BCUT2D eigenvalue weighted by atomic mass is 10.1. The van der Waals surface area contributed by atoms with Crippen LogP contribution >= 0.6 is 0 Å². The Balaban J connectivity index is 1.67. The summed E-state index contributed by atoms with van der Waals surface area (Å²) in [6, 6.07) is 26.5. The van der Waals surface area contributed by atoms with Crippen LogP contribution in [0, 0.1) is 11.3 Å². The van der Waals surface area contributed by atoms with Gasteiger partial charge in [0.2, 0.25) is 0 Å². The maximum atomic E-state index is 12.5. The summed E-state index contributed by atoms with van der Waals surface area (Å²) in [5.74, 6) is 0.943. The van der Waals surface area contributed by atoms with Gasteiger partial charge in [-0.3, -0.25) is 4.79 Å². The summed E-state index contributed by atoms with van der Waals surface area (Å²) in [5, 5.41) is 15.2. The fraction of sp³-hybridized carbons (Fsp3) is 0.0370. The first-order valence-corrected chi connectivity index (χ1v) is 10.6. The molecule has 0 saturated carbocycles. The molecule has 0 unspecified atom stereocenters. The van der Waals surface area contributed by atoms with Gasteiger partial charge in [0.1, 0.15) is 11.8 Å². The van der Waals surface area contributed by atoms with Gasteiger partial charge in [0, 0.05) is 17.3 Å². The van der Waals surface area contributed by atoms with Crippen LogP contribution in [0.4, 0.5) is 0 Å². The molecule has 2 heterocycles. The monoisotopic (exact) mass is 445 g/mol. The molecule has 1 N–H and O–H groups in total. The van der Waals surface area contributed by atoms with Crippen molar-refractivity contribution in [1.82, 2.24) is 19.7 Å². The molecule has 0 aliphatic rings. The number of rotatable bonds is 5. The molecule has 5 rings (SSSR count). The van der Waals surface area contributed by atoms with Crippen LogP contribution in [0.2, 0.25) is 0 Å². The van der Waals surface area contributed by atoms with Crippen LogP contribution in [0.3, 0.4) is 0 Å². The van der Waals surface area contributed by atoms with E-state index in [1.165, 1.54) is 0 Å². The number of nitrogens with zero attached hydrogens (tertiary/aromatic N) is 4. The Morgan fingerprint density at radius 1 is 1.03 bits per heavy atom. The highest BCUT2D eigenvalue weighted by molar-refractivity contribution is 5.91. The summed E-state index contributed by atoms with van der Waals surface area (Å²) in [6.07, 6.45) is 3.55. The zero-order valence-electron chi connectivity index (χ0n) is 18.3. The Bertz CT molecular complexity index is 1610. The van der Waals surface area contributed by atoms with E-state index in [9.17, 15) is 10.1 Å². The van der Waals surface area contributed by atoms with E-state index in [-0.39, 0.29) is 17.0 Å². The smallest absolute Gasteiger partial charge is 0.259 e. The van der Waals surface area contributed by atoms with Crippen molar-refractivity contribution in [2.24, 2.45) is 0 Å². The zero-order chi connectivity index (χ0) is 23.5. The number of nitrogens with one attached hydrogen (secondary N) is 1. The number of para-hydroxylation sites is 2. The van der Waals surface area contributed by atoms with Crippen LogP contribution in [0.25, 0.3) is 39.5 Å². The summed E-state index contributed by atoms with van der Waals surface area (Å²) < 4.78 is 7.03. The topological polar surface area (TPSA) is 96.6 Å². The molecule has 0 radical (unpaired) electrons. The van der Waals surface area contributed by atoms with Crippen molar-refractivity contribution in [3.63, 3.8) is 0 Å². The van der Waals surface area contributed by atoms with Crippen LogP contribution in [0.5, 0.6) is 5.75 Å². The van der Waals surface area contributed by atoms with Crippen LogP contribution in [-0.4, -0.2) is 26.9 Å². The number of fused-ring (bicyclic) bond motifs is 1. The molecule has 0 spiro atoms. The highest BCUT2D eigenvalue weighted by Crippen LogP contribution is 2.28. The normalized spacial score (nSPS) is 11.4. The van der Waals surface area contributed by atoms with E-state index in [2.05, 4.69) is 16.0 Å². The molecule has 5 aromatic rings. The van der Waals surface area contributed by atoms with Crippen LogP contribution in [-0.2, 0) is 0 Å². The van der Waals surface area contributed by atoms with E-state index in [1.54, 1.807) is 42.1 Å². The van der Waals surface area contributed by atoms with E-state index in [1.807, 2.05) is 60.8 Å². The zero-order valence-corrected chi connectivity index (χ0v) is 18.3. The fourth-order valence-corrected chi connectivity index (χ4v) is 3.70. The van der Waals surface area contributed by atoms with Gasteiger partial charge in [0.15, 0.2) is 5.82 Å². The van der Waals surface area contributed by atoms with Gasteiger partial charge in [-0.15, -0.1) is 0 Å². The molecule has 0 bridgehead atoms. The minimum Gasteiger partial charge on any atom is -0.497 e. The van der Waals surface area contributed by atoms with E-state index >= 15 is 0 Å². The highest BCUT2D eigenvalue weighted by Gasteiger charge is 2.14. The minimum atomic E-state index is -0.294. The number of hydrogen-bond acceptors (Lipinski definition) is 5. The maximum Gasteiger partial charge on any atom is 0.259 e. The third-order valence-corrected chi connectivity index (χ3v) is 5.42. The number of benzene rings is 3. The van der Waals surface area contributed by atoms with Gasteiger partial charge in [-0.05, 0) is 54.6 Å². The van der Waals surface area contributed by atoms with Crippen molar-refractivity contribution >= 4 is 22.6 Å². The summed E-state index contributed by atoms with van der Waals surface area (Å²) in [6.45, 7) is 0. The Labute approximate surface area is 195 Å². The van der Waals surface area contributed by atoms with E-state index in [0.29, 0.717) is 22.2 Å². The second kappa shape index (κ2) is 8.88. The van der Waals surface area contributed by atoms with Gasteiger partial charge in [-0.25, -0.2) is 9.67 Å². The first-order chi connectivity index (χ1) is 16.7. The molecule has 0 atom stereocenters. The maximum absolute atomic E-state index is 12.5. The van der Waals surface area contributed by atoms with Crippen molar-refractivity contribution in [2.75, 3.05) is 7.11 Å². The first kappa shape index (κ1) is 20.9. The molecule has 164 valence electrons. The summed E-state index contributed by atoms with van der Waals surface area (Å²) in [7, 11) is 1.61. The Morgan fingerprint density at radius 3 is 2.50 bits per heavy atom. The number of ether oxygens (including phenoxy) is 1. The molecular formula is C27H19N5O2. The number of nitriles is 1. The molecule has 3 aromatic carbocycles. The number of H-pyrrole nitrogens is 1. The van der Waals surface area contributed by atoms with Gasteiger partial charge in [0.05, 0.1) is 35.0 Å². The SMILES string of the molecule is COc1ccc(-c2nn(-c3ccccc3)cc2C=C(C#N)c2nc3ccccc3c(=O)[nH]2)cc1. The lowest BCUT2D eigenvalue weighted by molar-refractivity contribution is 0.415. The van der Waals surface area contributed by atoms with E-state index in [0.717, 1.165) is 17.0 Å². The second-order valence-corrected chi connectivity index (χ2v) is 7.54. The van der Waals surface area contributed by atoms with Crippen molar-refractivity contribution in [2.45, 2.75) is 0 Å². The number of hydrogen-bond donors (Lipinski definition) is 1. The Hall–Kier alpha value is -4.96. The van der Waals surface area contributed by atoms with Crippen molar-refractivity contribution in [3.8, 4) is 28.8 Å². The molecule has 34 heavy (non-hydrogen) atoms. The van der Waals surface area contributed by atoms with Crippen LogP contribution in [0.15, 0.2) is 89.9 Å². The third-order valence-electron chi connectivity index (χ3n) is 5.42. The summed E-state index contributed by atoms with van der Waals surface area (Å²) >= 11 is 0.